The standard InChI is InChI=1S/C16H32N2O2/c1-2-3-5-14-6-8-15(9-7-14)16(19)18-11-4-12-20-13-10-17/h14-15H,2-13,17H2,1H3,(H,18,19). The second-order valence-electron chi connectivity index (χ2n) is 5.91. The van der Waals surface area contributed by atoms with Crippen molar-refractivity contribution in [2.75, 3.05) is 26.3 Å². The van der Waals surface area contributed by atoms with Crippen LogP contribution in [0.4, 0.5) is 0 Å². The highest BCUT2D eigenvalue weighted by Gasteiger charge is 2.25. The lowest BCUT2D eigenvalue weighted by atomic mass is 9.79. The number of nitrogens with two attached hydrogens (primary N) is 1. The number of ether oxygens (including phenoxy) is 1. The molecule has 0 bridgehead atoms. The largest absolute Gasteiger partial charge is 0.380 e. The summed E-state index contributed by atoms with van der Waals surface area (Å²) in [5, 5.41) is 3.04. The van der Waals surface area contributed by atoms with E-state index in [1.54, 1.807) is 0 Å². The van der Waals surface area contributed by atoms with Crippen LogP contribution in [0.25, 0.3) is 0 Å². The normalized spacial score (nSPS) is 22.7. The van der Waals surface area contributed by atoms with Gasteiger partial charge in [-0.25, -0.2) is 0 Å². The molecule has 0 atom stereocenters. The summed E-state index contributed by atoms with van der Waals surface area (Å²) in [5.74, 6) is 1.36. The fourth-order valence-electron chi connectivity index (χ4n) is 2.92. The Morgan fingerprint density at radius 2 is 1.95 bits per heavy atom. The number of nitrogens with one attached hydrogen (secondary N) is 1. The zero-order chi connectivity index (χ0) is 14.6. The maximum absolute atomic E-state index is 12.0. The smallest absolute Gasteiger partial charge is 0.223 e. The van der Waals surface area contributed by atoms with Crippen LogP contribution in [0.5, 0.6) is 0 Å². The topological polar surface area (TPSA) is 64.3 Å². The fraction of sp³-hybridized carbons (Fsp3) is 0.938. The van der Waals surface area contributed by atoms with E-state index >= 15 is 0 Å². The lowest BCUT2D eigenvalue weighted by molar-refractivity contribution is -0.126. The SMILES string of the molecule is CCCCC1CCC(C(=O)NCCCOCCN)CC1. The van der Waals surface area contributed by atoms with Crippen LogP contribution in [0.1, 0.15) is 58.3 Å². The van der Waals surface area contributed by atoms with Gasteiger partial charge in [0.05, 0.1) is 6.61 Å². The summed E-state index contributed by atoms with van der Waals surface area (Å²) < 4.78 is 5.29. The minimum absolute atomic E-state index is 0.248. The molecule has 4 heteroatoms. The zero-order valence-electron chi connectivity index (χ0n) is 13.0. The van der Waals surface area contributed by atoms with Crippen molar-refractivity contribution in [2.45, 2.75) is 58.3 Å². The summed E-state index contributed by atoms with van der Waals surface area (Å²) in [6, 6.07) is 0. The molecule has 4 nitrogen and oxygen atoms in total. The van der Waals surface area contributed by atoms with E-state index in [2.05, 4.69) is 12.2 Å². The van der Waals surface area contributed by atoms with E-state index in [-0.39, 0.29) is 11.8 Å². The number of unbranched alkanes of at least 4 members (excludes halogenated alkanes) is 1. The van der Waals surface area contributed by atoms with Gasteiger partial charge in [0.2, 0.25) is 5.91 Å². The fourth-order valence-corrected chi connectivity index (χ4v) is 2.92. The first-order chi connectivity index (χ1) is 9.77. The summed E-state index contributed by atoms with van der Waals surface area (Å²) in [4.78, 5) is 12.0. The molecule has 0 unspecified atom stereocenters. The molecule has 1 aliphatic rings. The molecule has 0 saturated heterocycles. The van der Waals surface area contributed by atoms with Gasteiger partial charge in [-0.2, -0.15) is 0 Å². The van der Waals surface area contributed by atoms with Crippen molar-refractivity contribution in [2.24, 2.45) is 17.6 Å². The Labute approximate surface area is 123 Å². The molecular weight excluding hydrogens is 252 g/mol. The van der Waals surface area contributed by atoms with E-state index < -0.39 is 0 Å². The van der Waals surface area contributed by atoms with Crippen molar-refractivity contribution in [3.63, 3.8) is 0 Å². The Morgan fingerprint density at radius 3 is 2.60 bits per heavy atom. The molecule has 0 spiro atoms. The van der Waals surface area contributed by atoms with Gasteiger partial charge in [0.25, 0.3) is 0 Å². The van der Waals surface area contributed by atoms with Gasteiger partial charge in [-0.05, 0) is 38.0 Å². The van der Waals surface area contributed by atoms with E-state index in [0.717, 1.165) is 31.7 Å². The van der Waals surface area contributed by atoms with Gasteiger partial charge < -0.3 is 15.8 Å². The number of hydrogen-bond acceptors (Lipinski definition) is 3. The van der Waals surface area contributed by atoms with Gasteiger partial charge in [-0.1, -0.05) is 26.2 Å². The van der Waals surface area contributed by atoms with Crippen molar-refractivity contribution in [3.05, 3.63) is 0 Å². The third-order valence-corrected chi connectivity index (χ3v) is 4.21. The lowest BCUT2D eigenvalue weighted by Gasteiger charge is -2.27. The Hall–Kier alpha value is -0.610. The van der Waals surface area contributed by atoms with Crippen molar-refractivity contribution < 1.29 is 9.53 Å². The van der Waals surface area contributed by atoms with Crippen LogP contribution in [-0.2, 0) is 9.53 Å². The van der Waals surface area contributed by atoms with E-state index in [1.165, 1.54) is 32.1 Å². The van der Waals surface area contributed by atoms with Crippen molar-refractivity contribution >= 4 is 5.91 Å². The number of amides is 1. The Kier molecular flexibility index (Phi) is 9.67. The summed E-state index contributed by atoms with van der Waals surface area (Å²) in [6.45, 7) is 4.82. The van der Waals surface area contributed by atoms with Gasteiger partial charge in [0.15, 0.2) is 0 Å². The van der Waals surface area contributed by atoms with E-state index in [9.17, 15) is 4.79 Å². The molecule has 0 heterocycles. The Bertz CT molecular complexity index is 251. The lowest BCUT2D eigenvalue weighted by Crippen LogP contribution is -2.34. The average Bonchev–Trinajstić information content (AvgIpc) is 2.49. The predicted molar refractivity (Wildman–Crippen MR) is 82.5 cm³/mol. The van der Waals surface area contributed by atoms with Crippen LogP contribution >= 0.6 is 0 Å². The molecule has 118 valence electrons. The van der Waals surface area contributed by atoms with E-state index in [4.69, 9.17) is 10.5 Å². The molecule has 0 aromatic rings. The molecule has 3 N–H and O–H groups in total. The van der Waals surface area contributed by atoms with Crippen molar-refractivity contribution in [1.82, 2.24) is 5.32 Å². The summed E-state index contributed by atoms with van der Waals surface area (Å²) >= 11 is 0. The van der Waals surface area contributed by atoms with Gasteiger partial charge in [-0.3, -0.25) is 4.79 Å². The highest BCUT2D eigenvalue weighted by atomic mass is 16.5. The quantitative estimate of drug-likeness (QED) is 0.606. The molecule has 1 amide bonds. The predicted octanol–water partition coefficient (Wildman–Crippen LogP) is 2.46. The number of hydrogen-bond donors (Lipinski definition) is 2. The molecule has 1 fully saturated rings. The first-order valence-electron chi connectivity index (χ1n) is 8.33. The van der Waals surface area contributed by atoms with Gasteiger partial charge in [-0.15, -0.1) is 0 Å². The second kappa shape index (κ2) is 11.1. The van der Waals surface area contributed by atoms with Gasteiger partial charge >= 0.3 is 0 Å². The Morgan fingerprint density at radius 1 is 1.20 bits per heavy atom. The monoisotopic (exact) mass is 284 g/mol. The van der Waals surface area contributed by atoms with Crippen LogP contribution in [0.15, 0.2) is 0 Å². The number of rotatable bonds is 10. The van der Waals surface area contributed by atoms with Crippen LogP contribution in [0.3, 0.4) is 0 Å². The summed E-state index contributed by atoms with van der Waals surface area (Å²) in [7, 11) is 0. The highest BCUT2D eigenvalue weighted by molar-refractivity contribution is 5.78. The third-order valence-electron chi connectivity index (χ3n) is 4.21. The maximum atomic E-state index is 12.0. The molecule has 0 aromatic heterocycles. The molecule has 1 rings (SSSR count). The molecular formula is C16H32N2O2. The molecule has 0 aromatic carbocycles. The molecule has 1 aliphatic carbocycles. The molecule has 1 saturated carbocycles. The number of carbonyl (C=O) groups is 1. The summed E-state index contributed by atoms with van der Waals surface area (Å²) in [5.41, 5.74) is 5.34. The van der Waals surface area contributed by atoms with E-state index in [1.807, 2.05) is 0 Å². The zero-order valence-corrected chi connectivity index (χ0v) is 13.0. The first-order valence-corrected chi connectivity index (χ1v) is 8.33. The van der Waals surface area contributed by atoms with Crippen molar-refractivity contribution in [3.8, 4) is 0 Å². The van der Waals surface area contributed by atoms with Crippen LogP contribution < -0.4 is 11.1 Å². The number of carbonyl (C=O) groups excluding carboxylic acids is 1. The van der Waals surface area contributed by atoms with Gasteiger partial charge in [0, 0.05) is 25.6 Å². The maximum Gasteiger partial charge on any atom is 0.223 e. The van der Waals surface area contributed by atoms with Gasteiger partial charge in [0.1, 0.15) is 0 Å². The van der Waals surface area contributed by atoms with Crippen LogP contribution in [0, 0.1) is 11.8 Å². The van der Waals surface area contributed by atoms with Crippen LogP contribution in [0.2, 0.25) is 0 Å². The Balaban J connectivity index is 2.04. The average molecular weight is 284 g/mol. The second-order valence-corrected chi connectivity index (χ2v) is 5.91. The molecule has 0 aliphatic heterocycles. The molecule has 20 heavy (non-hydrogen) atoms. The minimum atomic E-state index is 0.248. The third kappa shape index (κ3) is 7.25. The highest BCUT2D eigenvalue weighted by Crippen LogP contribution is 2.31. The minimum Gasteiger partial charge on any atom is -0.380 e. The first kappa shape index (κ1) is 17.4. The summed E-state index contributed by atoms with van der Waals surface area (Å²) in [6.07, 6.45) is 9.46. The van der Waals surface area contributed by atoms with E-state index in [0.29, 0.717) is 19.8 Å². The van der Waals surface area contributed by atoms with Crippen molar-refractivity contribution in [1.29, 1.82) is 0 Å². The van der Waals surface area contributed by atoms with Crippen LogP contribution in [-0.4, -0.2) is 32.2 Å². The molecule has 0 radical (unpaired) electrons.